The van der Waals surface area contributed by atoms with Crippen LogP contribution in [0.5, 0.6) is 5.75 Å². The van der Waals surface area contributed by atoms with E-state index in [1.807, 2.05) is 0 Å². The first-order chi connectivity index (χ1) is 15.3. The third-order valence-electron chi connectivity index (χ3n) is 5.54. The fraction of sp³-hybridized carbons (Fsp3) is 0.318. The molecule has 1 saturated heterocycles. The molecule has 1 aromatic heterocycles. The number of methoxy groups -OCH3 is 1. The molecule has 9 nitrogen and oxygen atoms in total. The Morgan fingerprint density at radius 2 is 1.75 bits per heavy atom. The molecule has 0 saturated carbocycles. The molecule has 0 radical (unpaired) electrons. The molecule has 0 bridgehead atoms. The number of amides is 1. The number of nitrogens with one attached hydrogen (secondary N) is 1. The van der Waals surface area contributed by atoms with Crippen LogP contribution in [0.2, 0.25) is 0 Å². The van der Waals surface area contributed by atoms with Gasteiger partial charge in [-0.05, 0) is 37.1 Å². The number of ether oxygens (including phenoxy) is 1. The van der Waals surface area contributed by atoms with E-state index in [0.717, 1.165) is 23.9 Å². The van der Waals surface area contributed by atoms with Crippen molar-refractivity contribution < 1.29 is 17.9 Å². The van der Waals surface area contributed by atoms with Gasteiger partial charge in [0.25, 0.3) is 11.5 Å². The number of carbonyl (C=O) groups excluding carboxylic acids is 1. The van der Waals surface area contributed by atoms with Crippen LogP contribution in [0.15, 0.2) is 52.2 Å². The van der Waals surface area contributed by atoms with Gasteiger partial charge < -0.3 is 10.1 Å². The van der Waals surface area contributed by atoms with Crippen molar-refractivity contribution in [2.75, 3.05) is 25.5 Å². The van der Waals surface area contributed by atoms with Crippen molar-refractivity contribution in [2.45, 2.75) is 24.2 Å². The molecule has 2 heterocycles. The molecule has 0 spiro atoms. The number of fused-ring (bicyclic) bond motifs is 1. The van der Waals surface area contributed by atoms with Gasteiger partial charge in [-0.15, -0.1) is 0 Å². The van der Waals surface area contributed by atoms with E-state index in [0.29, 0.717) is 29.6 Å². The Morgan fingerprint density at radius 1 is 1.06 bits per heavy atom. The Kier molecular flexibility index (Phi) is 5.98. The lowest BCUT2D eigenvalue weighted by atomic mass is 10.1. The molecule has 1 fully saturated rings. The third-order valence-corrected chi connectivity index (χ3v) is 7.44. The number of nitrogens with zero attached hydrogens (tertiary/aromatic N) is 3. The predicted octanol–water partition coefficient (Wildman–Crippen LogP) is 2.37. The summed E-state index contributed by atoms with van der Waals surface area (Å²) in [6.45, 7) is 0.952. The minimum Gasteiger partial charge on any atom is -0.495 e. The van der Waals surface area contributed by atoms with Gasteiger partial charge in [-0.3, -0.25) is 9.59 Å². The van der Waals surface area contributed by atoms with E-state index >= 15 is 0 Å². The zero-order valence-electron chi connectivity index (χ0n) is 17.9. The summed E-state index contributed by atoms with van der Waals surface area (Å²) in [6, 6.07) is 11.1. The molecule has 1 N–H and O–H groups in total. The maximum absolute atomic E-state index is 13.1. The van der Waals surface area contributed by atoms with Gasteiger partial charge in [0, 0.05) is 25.5 Å². The highest BCUT2D eigenvalue weighted by Gasteiger charge is 2.27. The first-order valence-electron chi connectivity index (χ1n) is 10.3. The largest absolute Gasteiger partial charge is 0.495 e. The van der Waals surface area contributed by atoms with Gasteiger partial charge in [0.2, 0.25) is 10.0 Å². The monoisotopic (exact) mass is 456 g/mol. The summed E-state index contributed by atoms with van der Waals surface area (Å²) in [4.78, 5) is 25.5. The van der Waals surface area contributed by atoms with Crippen molar-refractivity contribution in [1.29, 1.82) is 0 Å². The van der Waals surface area contributed by atoms with E-state index < -0.39 is 15.9 Å². The third kappa shape index (κ3) is 3.98. The van der Waals surface area contributed by atoms with Crippen molar-refractivity contribution in [1.82, 2.24) is 14.1 Å². The number of hydrogen-bond acceptors (Lipinski definition) is 6. The molecule has 1 aliphatic heterocycles. The second kappa shape index (κ2) is 8.71. The summed E-state index contributed by atoms with van der Waals surface area (Å²) < 4.78 is 34.0. The van der Waals surface area contributed by atoms with Crippen LogP contribution in [-0.4, -0.2) is 48.6 Å². The molecule has 4 rings (SSSR count). The van der Waals surface area contributed by atoms with Crippen molar-refractivity contribution in [2.24, 2.45) is 7.05 Å². The number of piperidine rings is 1. The molecule has 10 heteroatoms. The lowest BCUT2D eigenvalue weighted by Gasteiger charge is -2.26. The fourth-order valence-corrected chi connectivity index (χ4v) is 5.39. The van der Waals surface area contributed by atoms with Gasteiger partial charge in [-0.25, -0.2) is 13.1 Å². The van der Waals surface area contributed by atoms with Crippen LogP contribution in [0.25, 0.3) is 10.8 Å². The maximum Gasteiger partial charge on any atom is 0.276 e. The first-order valence-corrected chi connectivity index (χ1v) is 11.7. The summed E-state index contributed by atoms with van der Waals surface area (Å²) in [5.74, 6) is -0.271. The van der Waals surface area contributed by atoms with E-state index in [9.17, 15) is 18.0 Å². The van der Waals surface area contributed by atoms with Gasteiger partial charge in [0.05, 0.1) is 23.1 Å². The van der Waals surface area contributed by atoms with Gasteiger partial charge >= 0.3 is 0 Å². The van der Waals surface area contributed by atoms with Crippen LogP contribution in [0.1, 0.15) is 29.8 Å². The second-order valence-electron chi connectivity index (χ2n) is 7.60. The van der Waals surface area contributed by atoms with E-state index in [2.05, 4.69) is 10.4 Å². The highest BCUT2D eigenvalue weighted by atomic mass is 32.2. The Hall–Kier alpha value is -3.24. The average Bonchev–Trinajstić information content (AvgIpc) is 2.81. The number of aromatic nitrogens is 2. The van der Waals surface area contributed by atoms with E-state index in [4.69, 9.17) is 4.74 Å². The van der Waals surface area contributed by atoms with Gasteiger partial charge in [-0.1, -0.05) is 24.6 Å². The van der Waals surface area contributed by atoms with Crippen molar-refractivity contribution in [3.63, 3.8) is 0 Å². The van der Waals surface area contributed by atoms with E-state index in [1.165, 1.54) is 36.7 Å². The molecule has 0 unspecified atom stereocenters. The van der Waals surface area contributed by atoms with Crippen LogP contribution in [-0.2, 0) is 17.1 Å². The Balaban J connectivity index is 1.73. The number of rotatable bonds is 5. The van der Waals surface area contributed by atoms with Crippen LogP contribution in [0.4, 0.5) is 5.69 Å². The van der Waals surface area contributed by atoms with Crippen molar-refractivity contribution in [3.05, 3.63) is 58.5 Å². The van der Waals surface area contributed by atoms with Crippen molar-refractivity contribution in [3.8, 4) is 5.75 Å². The number of hydrogen-bond donors (Lipinski definition) is 1. The summed E-state index contributed by atoms with van der Waals surface area (Å²) in [6.07, 6.45) is 2.66. The highest BCUT2D eigenvalue weighted by Crippen LogP contribution is 2.30. The lowest BCUT2D eigenvalue weighted by Crippen LogP contribution is -2.35. The molecular formula is C22H24N4O5S. The van der Waals surface area contributed by atoms with E-state index in [1.54, 1.807) is 24.3 Å². The van der Waals surface area contributed by atoms with Crippen LogP contribution in [0, 0.1) is 0 Å². The summed E-state index contributed by atoms with van der Waals surface area (Å²) in [7, 11) is -0.787. The molecule has 1 amide bonds. The molecule has 0 atom stereocenters. The Labute approximate surface area is 185 Å². The topological polar surface area (TPSA) is 111 Å². The standard InChI is InChI=1S/C22H24N4O5S/c1-25-22(28)17-9-5-4-8-16(17)20(24-25)21(27)23-18-14-15(10-11-19(18)31-2)32(29,30)26-12-6-3-7-13-26/h4-5,8-11,14H,3,6-7,12-13H2,1-2H3,(H,23,27). The molecule has 3 aromatic rings. The molecular weight excluding hydrogens is 432 g/mol. The highest BCUT2D eigenvalue weighted by molar-refractivity contribution is 7.89. The molecule has 168 valence electrons. The van der Waals surface area contributed by atoms with Gasteiger partial charge in [0.15, 0.2) is 5.69 Å². The number of sulfonamides is 1. The normalized spacial score (nSPS) is 14.9. The average molecular weight is 457 g/mol. The second-order valence-corrected chi connectivity index (χ2v) is 9.54. The summed E-state index contributed by atoms with van der Waals surface area (Å²) >= 11 is 0. The van der Waals surface area contributed by atoms with Crippen LogP contribution < -0.4 is 15.6 Å². The first kappa shape index (κ1) is 22.0. The maximum atomic E-state index is 13.1. The summed E-state index contributed by atoms with van der Waals surface area (Å²) in [5, 5.41) is 7.60. The molecule has 0 aliphatic carbocycles. The number of anilines is 1. The molecule has 32 heavy (non-hydrogen) atoms. The SMILES string of the molecule is COc1ccc(S(=O)(=O)N2CCCCC2)cc1NC(=O)c1nn(C)c(=O)c2ccccc12. The minimum absolute atomic E-state index is 0.0500. The smallest absolute Gasteiger partial charge is 0.276 e. The quantitative estimate of drug-likeness (QED) is 0.631. The number of carbonyl (C=O) groups is 1. The number of aryl methyl sites for hydroxylation is 1. The van der Waals surface area contributed by atoms with Gasteiger partial charge in [0.1, 0.15) is 5.75 Å². The zero-order valence-corrected chi connectivity index (χ0v) is 18.7. The van der Waals surface area contributed by atoms with Crippen LogP contribution >= 0.6 is 0 Å². The summed E-state index contributed by atoms with van der Waals surface area (Å²) in [5.41, 5.74) is -0.0614. The zero-order chi connectivity index (χ0) is 22.9. The lowest BCUT2D eigenvalue weighted by molar-refractivity contribution is 0.102. The fourth-order valence-electron chi connectivity index (χ4n) is 3.85. The number of benzene rings is 2. The molecule has 2 aromatic carbocycles. The van der Waals surface area contributed by atoms with Gasteiger partial charge in [-0.2, -0.15) is 9.40 Å². The Bertz CT molecular complexity index is 1340. The molecule has 1 aliphatic rings. The van der Waals surface area contributed by atoms with Crippen LogP contribution in [0.3, 0.4) is 0 Å². The minimum atomic E-state index is -3.69. The Morgan fingerprint density at radius 3 is 2.44 bits per heavy atom. The van der Waals surface area contributed by atoms with Crippen molar-refractivity contribution >= 4 is 32.4 Å². The predicted molar refractivity (Wildman–Crippen MR) is 121 cm³/mol. The van der Waals surface area contributed by atoms with E-state index in [-0.39, 0.29) is 21.8 Å².